The molecule has 6 heteroatoms. The van der Waals surface area contributed by atoms with Gasteiger partial charge in [-0.15, -0.1) is 0 Å². The lowest BCUT2D eigenvalue weighted by atomic mass is 10.1. The third kappa shape index (κ3) is 4.85. The Labute approximate surface area is 162 Å². The molecule has 0 atom stereocenters. The quantitative estimate of drug-likeness (QED) is 0.434. The summed E-state index contributed by atoms with van der Waals surface area (Å²) < 4.78 is 27.2. The maximum absolute atomic E-state index is 5.71. The van der Waals surface area contributed by atoms with Crippen LogP contribution < -0.4 is 23.7 Å². The highest BCUT2D eigenvalue weighted by Crippen LogP contribution is 2.38. The van der Waals surface area contributed by atoms with Crippen LogP contribution in [-0.4, -0.2) is 40.4 Å². The van der Waals surface area contributed by atoms with Gasteiger partial charge in [0.25, 0.3) is 0 Å². The van der Waals surface area contributed by atoms with Gasteiger partial charge in [-0.3, -0.25) is 0 Å². The molecule has 0 bridgehead atoms. The van der Waals surface area contributed by atoms with E-state index in [0.29, 0.717) is 35.4 Å². The Morgan fingerprint density at radius 3 is 1.85 bits per heavy atom. The Hall–Kier alpha value is -2.34. The van der Waals surface area contributed by atoms with Gasteiger partial charge in [0.1, 0.15) is 0 Å². The van der Waals surface area contributed by atoms with E-state index in [2.05, 4.69) is 15.9 Å². The predicted octanol–water partition coefficient (Wildman–Crippen LogP) is 4.67. The molecule has 5 nitrogen and oxygen atoms in total. The maximum atomic E-state index is 5.71. The minimum absolute atomic E-state index is 0.566. The van der Waals surface area contributed by atoms with Crippen molar-refractivity contribution < 1.29 is 23.7 Å². The SMILES string of the molecule is COc1ccc(/C=C\c2cc(OC)c(OC)c(OC)c2)cc1OCCBr. The van der Waals surface area contributed by atoms with Gasteiger partial charge in [-0.2, -0.15) is 0 Å². The van der Waals surface area contributed by atoms with Crippen molar-refractivity contribution >= 4 is 28.1 Å². The Balaban J connectivity index is 2.31. The molecule has 0 aliphatic carbocycles. The summed E-state index contributed by atoms with van der Waals surface area (Å²) in [5, 5.41) is 0.752. The third-order valence-corrected chi connectivity index (χ3v) is 4.00. The van der Waals surface area contributed by atoms with Crippen molar-refractivity contribution in [1.29, 1.82) is 0 Å². The first-order valence-electron chi connectivity index (χ1n) is 8.01. The molecule has 0 unspecified atom stereocenters. The Kier molecular flexibility index (Phi) is 7.66. The molecule has 2 aromatic rings. The van der Waals surface area contributed by atoms with Crippen LogP contribution in [0.25, 0.3) is 12.2 Å². The monoisotopic (exact) mass is 422 g/mol. The maximum Gasteiger partial charge on any atom is 0.203 e. The zero-order valence-electron chi connectivity index (χ0n) is 15.4. The normalized spacial score (nSPS) is 10.7. The van der Waals surface area contributed by atoms with Gasteiger partial charge in [-0.1, -0.05) is 34.1 Å². The minimum atomic E-state index is 0.566. The molecular formula is C20H23BrO5. The van der Waals surface area contributed by atoms with E-state index in [0.717, 1.165) is 16.5 Å². The van der Waals surface area contributed by atoms with E-state index in [1.807, 2.05) is 42.5 Å². The van der Waals surface area contributed by atoms with Crippen molar-refractivity contribution in [3.63, 3.8) is 0 Å². The van der Waals surface area contributed by atoms with Crippen LogP contribution in [0.15, 0.2) is 30.3 Å². The molecule has 26 heavy (non-hydrogen) atoms. The molecular weight excluding hydrogens is 400 g/mol. The van der Waals surface area contributed by atoms with E-state index in [1.54, 1.807) is 28.4 Å². The van der Waals surface area contributed by atoms with Crippen LogP contribution in [0.5, 0.6) is 28.7 Å². The molecule has 0 aromatic heterocycles. The van der Waals surface area contributed by atoms with Crippen LogP contribution in [0, 0.1) is 0 Å². The molecule has 0 saturated carbocycles. The lowest BCUT2D eigenvalue weighted by molar-refractivity contribution is 0.314. The zero-order chi connectivity index (χ0) is 18.9. The molecule has 0 amide bonds. The van der Waals surface area contributed by atoms with Gasteiger partial charge in [0.05, 0.1) is 35.0 Å². The van der Waals surface area contributed by atoms with Crippen molar-refractivity contribution in [2.75, 3.05) is 40.4 Å². The van der Waals surface area contributed by atoms with Crippen LogP contribution in [0.1, 0.15) is 11.1 Å². The van der Waals surface area contributed by atoms with Crippen molar-refractivity contribution in [2.24, 2.45) is 0 Å². The summed E-state index contributed by atoms with van der Waals surface area (Å²) in [5.74, 6) is 3.21. The summed E-state index contributed by atoms with van der Waals surface area (Å²) >= 11 is 3.36. The number of rotatable bonds is 9. The second kappa shape index (κ2) is 9.97. The highest BCUT2D eigenvalue weighted by molar-refractivity contribution is 9.09. The van der Waals surface area contributed by atoms with Crippen LogP contribution in [0.3, 0.4) is 0 Å². The van der Waals surface area contributed by atoms with Gasteiger partial charge in [0, 0.05) is 5.33 Å². The molecule has 140 valence electrons. The van der Waals surface area contributed by atoms with Crippen molar-refractivity contribution in [3.8, 4) is 28.7 Å². The van der Waals surface area contributed by atoms with E-state index in [4.69, 9.17) is 23.7 Å². The van der Waals surface area contributed by atoms with Crippen molar-refractivity contribution in [3.05, 3.63) is 41.5 Å². The first-order valence-corrected chi connectivity index (χ1v) is 9.13. The van der Waals surface area contributed by atoms with Crippen LogP contribution in [0.4, 0.5) is 0 Å². The second-order valence-electron chi connectivity index (χ2n) is 5.24. The summed E-state index contributed by atoms with van der Waals surface area (Å²) in [6.45, 7) is 0.566. The lowest BCUT2D eigenvalue weighted by Crippen LogP contribution is -2.00. The fourth-order valence-corrected chi connectivity index (χ4v) is 2.61. The standard InChI is InChI=1S/C20H23BrO5/c1-22-16-8-7-14(11-17(16)26-10-9-21)5-6-15-12-18(23-2)20(25-4)19(13-15)24-3/h5-8,11-13H,9-10H2,1-4H3/b6-5-. The van der Waals surface area contributed by atoms with Gasteiger partial charge in [0.2, 0.25) is 5.75 Å². The molecule has 0 spiro atoms. The molecule has 0 radical (unpaired) electrons. The van der Waals surface area contributed by atoms with Gasteiger partial charge in [0.15, 0.2) is 23.0 Å². The molecule has 0 aliphatic heterocycles. The van der Waals surface area contributed by atoms with E-state index in [9.17, 15) is 0 Å². The number of benzene rings is 2. The van der Waals surface area contributed by atoms with Crippen molar-refractivity contribution in [2.45, 2.75) is 0 Å². The Bertz CT molecular complexity index is 733. The third-order valence-electron chi connectivity index (χ3n) is 3.68. The summed E-state index contributed by atoms with van der Waals surface area (Å²) in [5.41, 5.74) is 1.92. The molecule has 2 aromatic carbocycles. The van der Waals surface area contributed by atoms with Gasteiger partial charge >= 0.3 is 0 Å². The summed E-state index contributed by atoms with van der Waals surface area (Å²) in [4.78, 5) is 0. The summed E-state index contributed by atoms with van der Waals surface area (Å²) in [7, 11) is 6.41. The highest BCUT2D eigenvalue weighted by atomic mass is 79.9. The molecule has 0 heterocycles. The average molecular weight is 423 g/mol. The number of hydrogen-bond donors (Lipinski definition) is 0. The molecule has 0 saturated heterocycles. The fraction of sp³-hybridized carbons (Fsp3) is 0.300. The highest BCUT2D eigenvalue weighted by Gasteiger charge is 2.12. The first-order chi connectivity index (χ1) is 12.7. The van der Waals surface area contributed by atoms with Crippen LogP contribution in [0.2, 0.25) is 0 Å². The van der Waals surface area contributed by atoms with Crippen molar-refractivity contribution in [1.82, 2.24) is 0 Å². The number of ether oxygens (including phenoxy) is 5. The van der Waals surface area contributed by atoms with Gasteiger partial charge in [-0.05, 0) is 35.4 Å². The van der Waals surface area contributed by atoms with Gasteiger partial charge < -0.3 is 23.7 Å². The average Bonchev–Trinajstić information content (AvgIpc) is 2.69. The number of methoxy groups -OCH3 is 4. The van der Waals surface area contributed by atoms with E-state index in [1.165, 1.54) is 0 Å². The van der Waals surface area contributed by atoms with E-state index in [-0.39, 0.29) is 0 Å². The number of halogens is 1. The van der Waals surface area contributed by atoms with E-state index < -0.39 is 0 Å². The lowest BCUT2D eigenvalue weighted by Gasteiger charge is -2.13. The summed E-state index contributed by atoms with van der Waals surface area (Å²) in [6.07, 6.45) is 3.96. The first kappa shape index (κ1) is 20.0. The van der Waals surface area contributed by atoms with Crippen LogP contribution >= 0.6 is 15.9 Å². The number of alkyl halides is 1. The smallest absolute Gasteiger partial charge is 0.203 e. The summed E-state index contributed by atoms with van der Waals surface area (Å²) in [6, 6.07) is 9.58. The molecule has 0 fully saturated rings. The molecule has 2 rings (SSSR count). The largest absolute Gasteiger partial charge is 0.493 e. The van der Waals surface area contributed by atoms with Crippen LogP contribution in [-0.2, 0) is 0 Å². The predicted molar refractivity (Wildman–Crippen MR) is 107 cm³/mol. The topological polar surface area (TPSA) is 46.2 Å². The Morgan fingerprint density at radius 1 is 0.731 bits per heavy atom. The Morgan fingerprint density at radius 2 is 1.31 bits per heavy atom. The molecule has 0 N–H and O–H groups in total. The minimum Gasteiger partial charge on any atom is -0.493 e. The van der Waals surface area contributed by atoms with Gasteiger partial charge in [-0.25, -0.2) is 0 Å². The zero-order valence-corrected chi connectivity index (χ0v) is 17.0. The van der Waals surface area contributed by atoms with E-state index >= 15 is 0 Å². The second-order valence-corrected chi connectivity index (χ2v) is 6.03. The fourth-order valence-electron chi connectivity index (χ4n) is 2.45. The molecule has 0 aliphatic rings. The number of hydrogen-bond acceptors (Lipinski definition) is 5.